The highest BCUT2D eigenvalue weighted by Crippen LogP contribution is 2.24. The van der Waals surface area contributed by atoms with Crippen molar-refractivity contribution in [2.45, 2.75) is 4.90 Å². The van der Waals surface area contributed by atoms with E-state index >= 15 is 0 Å². The Balaban J connectivity index is 2.35. The molecule has 0 spiro atoms. The maximum absolute atomic E-state index is 11.3. The first-order chi connectivity index (χ1) is 9.36. The van der Waals surface area contributed by atoms with Crippen LogP contribution in [0.3, 0.4) is 0 Å². The third-order valence-electron chi connectivity index (χ3n) is 2.56. The molecule has 0 saturated carbocycles. The number of sulfonamides is 1. The van der Waals surface area contributed by atoms with E-state index in [1.165, 1.54) is 24.3 Å². The van der Waals surface area contributed by atoms with Crippen LogP contribution in [0.2, 0.25) is 0 Å². The summed E-state index contributed by atoms with van der Waals surface area (Å²) in [4.78, 5) is 10.4. The summed E-state index contributed by atoms with van der Waals surface area (Å²) in [6, 6.07) is 12.4. The van der Waals surface area contributed by atoms with Gasteiger partial charge in [0.1, 0.15) is 5.75 Å². The quantitative estimate of drug-likeness (QED) is 0.665. The fourth-order valence-electron chi connectivity index (χ4n) is 1.67. The standard InChI is InChI=1S/C13H11NO5S/c14-20(17,18)12-3-1-2-10(8-12)9-4-6-11(7-5-9)19-13(15)16/h1-8H,(H,15,16)(H2,14,17,18). The maximum Gasteiger partial charge on any atom is 0.511 e. The molecule has 20 heavy (non-hydrogen) atoms. The van der Waals surface area contributed by atoms with Crippen molar-refractivity contribution in [3.05, 3.63) is 48.5 Å². The first-order valence-corrected chi connectivity index (χ1v) is 7.05. The molecule has 0 atom stereocenters. The van der Waals surface area contributed by atoms with Gasteiger partial charge < -0.3 is 9.84 Å². The molecule has 7 heteroatoms. The number of primary sulfonamides is 1. The minimum absolute atomic E-state index is 0.0147. The van der Waals surface area contributed by atoms with Crippen molar-refractivity contribution in [3.8, 4) is 16.9 Å². The Morgan fingerprint density at radius 3 is 2.25 bits per heavy atom. The van der Waals surface area contributed by atoms with E-state index < -0.39 is 16.2 Å². The predicted molar refractivity (Wildman–Crippen MR) is 71.9 cm³/mol. The van der Waals surface area contributed by atoms with Gasteiger partial charge in [-0.1, -0.05) is 24.3 Å². The van der Waals surface area contributed by atoms with E-state index in [0.29, 0.717) is 11.1 Å². The van der Waals surface area contributed by atoms with E-state index in [-0.39, 0.29) is 10.6 Å². The Labute approximate surface area is 115 Å². The molecule has 3 N–H and O–H groups in total. The number of carboxylic acid groups (broad SMARTS) is 1. The van der Waals surface area contributed by atoms with Gasteiger partial charge in [-0.3, -0.25) is 0 Å². The highest BCUT2D eigenvalue weighted by Gasteiger charge is 2.09. The van der Waals surface area contributed by atoms with Gasteiger partial charge in [0, 0.05) is 0 Å². The average molecular weight is 293 g/mol. The molecule has 0 radical (unpaired) electrons. The second kappa shape index (κ2) is 5.32. The highest BCUT2D eigenvalue weighted by molar-refractivity contribution is 7.89. The Morgan fingerprint density at radius 2 is 1.70 bits per heavy atom. The summed E-state index contributed by atoms with van der Waals surface area (Å²) in [6.45, 7) is 0. The molecule has 0 saturated heterocycles. The molecule has 0 aliphatic carbocycles. The van der Waals surface area contributed by atoms with Crippen molar-refractivity contribution in [2.24, 2.45) is 5.14 Å². The minimum Gasteiger partial charge on any atom is -0.449 e. The van der Waals surface area contributed by atoms with E-state index in [2.05, 4.69) is 4.74 Å². The van der Waals surface area contributed by atoms with Gasteiger partial charge in [-0.25, -0.2) is 18.4 Å². The minimum atomic E-state index is -3.76. The fraction of sp³-hybridized carbons (Fsp3) is 0. The van der Waals surface area contributed by atoms with E-state index in [1.807, 2.05) is 0 Å². The van der Waals surface area contributed by atoms with Gasteiger partial charge in [-0.15, -0.1) is 0 Å². The Morgan fingerprint density at radius 1 is 1.05 bits per heavy atom. The molecule has 0 fully saturated rings. The molecule has 0 aliphatic heterocycles. The number of nitrogens with two attached hydrogens (primary N) is 1. The molecular formula is C13H11NO5S. The molecule has 2 aromatic rings. The van der Waals surface area contributed by atoms with Crippen molar-refractivity contribution in [2.75, 3.05) is 0 Å². The number of carbonyl (C=O) groups is 1. The molecule has 0 aliphatic rings. The van der Waals surface area contributed by atoms with Gasteiger partial charge in [0.05, 0.1) is 4.90 Å². The molecular weight excluding hydrogens is 282 g/mol. The highest BCUT2D eigenvalue weighted by atomic mass is 32.2. The molecule has 6 nitrogen and oxygen atoms in total. The lowest BCUT2D eigenvalue weighted by Gasteiger charge is -2.05. The van der Waals surface area contributed by atoms with Crippen molar-refractivity contribution in [1.82, 2.24) is 0 Å². The second-order valence-corrected chi connectivity index (χ2v) is 5.53. The Bertz CT molecular complexity index is 738. The number of hydrogen-bond donors (Lipinski definition) is 2. The number of rotatable bonds is 3. The van der Waals surface area contributed by atoms with Crippen molar-refractivity contribution >= 4 is 16.2 Å². The normalized spacial score (nSPS) is 11.1. The lowest BCUT2D eigenvalue weighted by Crippen LogP contribution is -2.11. The fourth-order valence-corrected chi connectivity index (χ4v) is 2.23. The van der Waals surface area contributed by atoms with Crippen molar-refractivity contribution < 1.29 is 23.1 Å². The third-order valence-corrected chi connectivity index (χ3v) is 3.47. The van der Waals surface area contributed by atoms with Crippen LogP contribution in [0.25, 0.3) is 11.1 Å². The molecule has 0 aromatic heterocycles. The van der Waals surface area contributed by atoms with E-state index in [9.17, 15) is 13.2 Å². The zero-order valence-corrected chi connectivity index (χ0v) is 11.0. The SMILES string of the molecule is NS(=O)(=O)c1cccc(-c2ccc(OC(=O)O)cc2)c1. The molecule has 0 heterocycles. The van der Waals surface area contributed by atoms with Crippen LogP contribution in [-0.4, -0.2) is 19.7 Å². The van der Waals surface area contributed by atoms with Gasteiger partial charge in [-0.05, 0) is 35.4 Å². The smallest absolute Gasteiger partial charge is 0.449 e. The Hall–Kier alpha value is -2.38. The summed E-state index contributed by atoms with van der Waals surface area (Å²) in [5.41, 5.74) is 1.37. The van der Waals surface area contributed by atoms with Gasteiger partial charge in [0.2, 0.25) is 10.0 Å². The summed E-state index contributed by atoms with van der Waals surface area (Å²) in [5, 5.41) is 13.5. The predicted octanol–water partition coefficient (Wildman–Crippen LogP) is 2.06. The summed E-state index contributed by atoms with van der Waals surface area (Å²) < 4.78 is 27.1. The molecule has 2 aromatic carbocycles. The summed E-state index contributed by atoms with van der Waals surface area (Å²) in [5.74, 6) is 0.184. The number of ether oxygens (including phenoxy) is 1. The van der Waals surface area contributed by atoms with Crippen LogP contribution in [0.1, 0.15) is 0 Å². The number of benzene rings is 2. The van der Waals surface area contributed by atoms with Crippen LogP contribution >= 0.6 is 0 Å². The molecule has 104 valence electrons. The van der Waals surface area contributed by atoms with Gasteiger partial charge in [0.25, 0.3) is 0 Å². The Kier molecular flexibility index (Phi) is 3.73. The third kappa shape index (κ3) is 3.34. The second-order valence-electron chi connectivity index (χ2n) is 3.97. The van der Waals surface area contributed by atoms with E-state index in [4.69, 9.17) is 10.2 Å². The molecule has 2 rings (SSSR count). The van der Waals surface area contributed by atoms with Crippen LogP contribution in [0.4, 0.5) is 4.79 Å². The lowest BCUT2D eigenvalue weighted by molar-refractivity contribution is 0.144. The topological polar surface area (TPSA) is 107 Å². The van der Waals surface area contributed by atoms with Crippen LogP contribution in [0, 0.1) is 0 Å². The largest absolute Gasteiger partial charge is 0.511 e. The summed E-state index contributed by atoms with van der Waals surface area (Å²) in [7, 11) is -3.76. The molecule has 0 bridgehead atoms. The van der Waals surface area contributed by atoms with Crippen LogP contribution in [0.5, 0.6) is 5.75 Å². The number of hydrogen-bond acceptors (Lipinski definition) is 4. The van der Waals surface area contributed by atoms with Crippen LogP contribution < -0.4 is 9.88 Å². The monoisotopic (exact) mass is 293 g/mol. The maximum atomic E-state index is 11.3. The zero-order valence-electron chi connectivity index (χ0n) is 10.2. The van der Waals surface area contributed by atoms with Crippen molar-refractivity contribution in [1.29, 1.82) is 0 Å². The molecule has 0 unspecified atom stereocenters. The average Bonchev–Trinajstić information content (AvgIpc) is 2.38. The van der Waals surface area contributed by atoms with Gasteiger partial charge >= 0.3 is 6.16 Å². The lowest BCUT2D eigenvalue weighted by atomic mass is 10.1. The zero-order chi connectivity index (χ0) is 14.8. The van der Waals surface area contributed by atoms with Crippen molar-refractivity contribution in [3.63, 3.8) is 0 Å². The summed E-state index contributed by atoms with van der Waals surface area (Å²) >= 11 is 0. The van der Waals surface area contributed by atoms with E-state index in [0.717, 1.165) is 0 Å². The molecule has 0 amide bonds. The van der Waals surface area contributed by atoms with E-state index in [1.54, 1.807) is 24.3 Å². The van der Waals surface area contributed by atoms with Crippen LogP contribution in [-0.2, 0) is 10.0 Å². The van der Waals surface area contributed by atoms with Crippen LogP contribution in [0.15, 0.2) is 53.4 Å². The van der Waals surface area contributed by atoms with Gasteiger partial charge in [-0.2, -0.15) is 0 Å². The van der Waals surface area contributed by atoms with Gasteiger partial charge in [0.15, 0.2) is 0 Å². The first-order valence-electron chi connectivity index (χ1n) is 5.50. The summed E-state index contributed by atoms with van der Waals surface area (Å²) in [6.07, 6.45) is -1.39. The first kappa shape index (κ1) is 14.0.